The summed E-state index contributed by atoms with van der Waals surface area (Å²) in [7, 11) is 0. The zero-order valence-corrected chi connectivity index (χ0v) is 11.8. The lowest BCUT2D eigenvalue weighted by Crippen LogP contribution is -2.47. The van der Waals surface area contributed by atoms with Gasteiger partial charge in [0.1, 0.15) is 0 Å². The van der Waals surface area contributed by atoms with E-state index in [0.717, 1.165) is 52.1 Å². The third kappa shape index (κ3) is 4.92. The van der Waals surface area contributed by atoms with E-state index in [4.69, 9.17) is 16.2 Å². The van der Waals surface area contributed by atoms with Crippen molar-refractivity contribution in [3.05, 3.63) is 0 Å². The van der Waals surface area contributed by atoms with Crippen LogP contribution in [0.15, 0.2) is 0 Å². The first-order chi connectivity index (χ1) is 8.45. The summed E-state index contributed by atoms with van der Waals surface area (Å²) in [4.78, 5) is 4.76. The Hall–Kier alpha value is -0.650. The third-order valence-electron chi connectivity index (χ3n) is 3.89. The Morgan fingerprint density at radius 1 is 1.17 bits per heavy atom. The van der Waals surface area contributed by atoms with Gasteiger partial charge in [-0.05, 0) is 19.4 Å². The van der Waals surface area contributed by atoms with Crippen molar-refractivity contribution in [2.24, 2.45) is 11.1 Å². The zero-order valence-electron chi connectivity index (χ0n) is 11.8. The molecule has 0 bridgehead atoms. The highest BCUT2D eigenvalue weighted by molar-refractivity contribution is 5.82. The second-order valence-corrected chi connectivity index (χ2v) is 5.81. The van der Waals surface area contributed by atoms with Gasteiger partial charge >= 0.3 is 0 Å². The summed E-state index contributed by atoms with van der Waals surface area (Å²) in [6.45, 7) is 10.5. The number of hydrogen-bond acceptors (Lipinski definition) is 4. The highest BCUT2D eigenvalue weighted by Crippen LogP contribution is 2.21. The van der Waals surface area contributed by atoms with E-state index in [-0.39, 0.29) is 17.9 Å². The Labute approximate surface area is 110 Å². The fourth-order valence-corrected chi connectivity index (χ4v) is 2.26. The maximum absolute atomic E-state index is 8.88. The molecule has 0 aromatic rings. The maximum atomic E-state index is 8.88. The molecule has 0 saturated carbocycles. The molecular weight excluding hydrogens is 228 g/mol. The molecule has 1 fully saturated rings. The Balaban J connectivity index is 2.16. The van der Waals surface area contributed by atoms with Gasteiger partial charge in [0.2, 0.25) is 0 Å². The molecule has 1 aliphatic heterocycles. The molecule has 5 heteroatoms. The summed E-state index contributed by atoms with van der Waals surface area (Å²) in [6.07, 6.45) is 2.06. The highest BCUT2D eigenvalue weighted by Gasteiger charge is 2.22. The van der Waals surface area contributed by atoms with Gasteiger partial charge in [-0.15, -0.1) is 0 Å². The second-order valence-electron chi connectivity index (χ2n) is 5.81. The number of amidine groups is 1. The van der Waals surface area contributed by atoms with Crippen molar-refractivity contribution in [1.82, 2.24) is 9.80 Å². The maximum Gasteiger partial charge on any atom is 0.0963 e. The van der Waals surface area contributed by atoms with E-state index in [1.165, 1.54) is 0 Å². The van der Waals surface area contributed by atoms with Crippen LogP contribution in [0.4, 0.5) is 0 Å². The Morgan fingerprint density at radius 3 is 2.11 bits per heavy atom. The first-order valence-electron chi connectivity index (χ1n) is 6.86. The quantitative estimate of drug-likeness (QED) is 0.453. The van der Waals surface area contributed by atoms with E-state index in [1.54, 1.807) is 0 Å². The van der Waals surface area contributed by atoms with Gasteiger partial charge in [0.15, 0.2) is 0 Å². The lowest BCUT2D eigenvalue weighted by molar-refractivity contribution is 0.110. The Morgan fingerprint density at radius 2 is 1.67 bits per heavy atom. The summed E-state index contributed by atoms with van der Waals surface area (Å²) < 4.78 is 0. The molecule has 18 heavy (non-hydrogen) atoms. The van der Waals surface area contributed by atoms with E-state index in [9.17, 15) is 0 Å². The first kappa shape index (κ1) is 15.4. The smallest absolute Gasteiger partial charge is 0.0963 e. The molecule has 106 valence electrons. The van der Waals surface area contributed by atoms with Gasteiger partial charge < -0.3 is 15.7 Å². The molecule has 5 nitrogen and oxygen atoms in total. The number of rotatable bonds is 7. The van der Waals surface area contributed by atoms with Crippen LogP contribution < -0.4 is 5.73 Å². The van der Waals surface area contributed by atoms with Crippen molar-refractivity contribution in [3.63, 3.8) is 0 Å². The lowest BCUT2D eigenvalue weighted by Gasteiger charge is -2.35. The number of β-amino-alcohol motifs (C(OH)–C–C–N with tert-alkyl or cyclic N) is 1. The molecular formula is C13H28N4O. The molecule has 1 aliphatic rings. The van der Waals surface area contributed by atoms with Crippen molar-refractivity contribution in [2.75, 3.05) is 45.9 Å². The third-order valence-corrected chi connectivity index (χ3v) is 3.89. The van der Waals surface area contributed by atoms with Gasteiger partial charge in [-0.25, -0.2) is 0 Å². The molecule has 0 aromatic heterocycles. The zero-order chi connectivity index (χ0) is 13.6. The Kier molecular flexibility index (Phi) is 6.05. The van der Waals surface area contributed by atoms with Crippen LogP contribution in [0.5, 0.6) is 0 Å². The number of aliphatic hydroxyl groups excluding tert-OH is 1. The molecule has 0 aromatic carbocycles. The summed E-state index contributed by atoms with van der Waals surface area (Å²) in [6, 6.07) is 0. The van der Waals surface area contributed by atoms with Crippen LogP contribution in [0.1, 0.15) is 26.7 Å². The molecule has 1 heterocycles. The van der Waals surface area contributed by atoms with E-state index >= 15 is 0 Å². The molecule has 1 rings (SSSR count). The minimum absolute atomic E-state index is 0.168. The summed E-state index contributed by atoms with van der Waals surface area (Å²) in [5, 5.41) is 16.4. The molecule has 1 saturated heterocycles. The highest BCUT2D eigenvalue weighted by atomic mass is 16.3. The predicted molar refractivity (Wildman–Crippen MR) is 74.9 cm³/mol. The van der Waals surface area contributed by atoms with Crippen LogP contribution in [0.2, 0.25) is 0 Å². The van der Waals surface area contributed by atoms with Crippen LogP contribution in [-0.4, -0.2) is 66.6 Å². The minimum Gasteiger partial charge on any atom is -0.395 e. The fourth-order valence-electron chi connectivity index (χ4n) is 2.26. The van der Waals surface area contributed by atoms with Crippen molar-refractivity contribution in [3.8, 4) is 0 Å². The van der Waals surface area contributed by atoms with Crippen molar-refractivity contribution in [1.29, 1.82) is 5.41 Å². The normalized spacial score (nSPS) is 19.1. The average Bonchev–Trinajstić information content (AvgIpc) is 2.31. The lowest BCUT2D eigenvalue weighted by atomic mass is 9.86. The molecule has 4 N–H and O–H groups in total. The van der Waals surface area contributed by atoms with E-state index in [2.05, 4.69) is 9.80 Å². The van der Waals surface area contributed by atoms with E-state index < -0.39 is 0 Å². The van der Waals surface area contributed by atoms with Gasteiger partial charge in [0, 0.05) is 38.1 Å². The number of piperazine rings is 1. The van der Waals surface area contributed by atoms with Gasteiger partial charge in [-0.2, -0.15) is 0 Å². The molecule has 0 aliphatic carbocycles. The van der Waals surface area contributed by atoms with E-state index in [0.29, 0.717) is 0 Å². The van der Waals surface area contributed by atoms with Crippen LogP contribution in [0.25, 0.3) is 0 Å². The second kappa shape index (κ2) is 7.07. The monoisotopic (exact) mass is 256 g/mol. The van der Waals surface area contributed by atoms with Gasteiger partial charge in [0.05, 0.1) is 12.4 Å². The molecule has 0 amide bonds. The predicted octanol–water partition coefficient (Wildman–Crippen LogP) is 0.339. The van der Waals surface area contributed by atoms with Crippen LogP contribution in [-0.2, 0) is 0 Å². The molecule has 0 atom stereocenters. The topological polar surface area (TPSA) is 76.6 Å². The number of nitrogens with one attached hydrogen (secondary N) is 1. The summed E-state index contributed by atoms with van der Waals surface area (Å²) in [5.41, 5.74) is 5.41. The number of nitrogens with zero attached hydrogens (tertiary/aromatic N) is 2. The van der Waals surface area contributed by atoms with Gasteiger partial charge in [0.25, 0.3) is 0 Å². The first-order valence-corrected chi connectivity index (χ1v) is 6.86. The molecule has 0 unspecified atom stereocenters. The summed E-state index contributed by atoms with van der Waals surface area (Å²) >= 11 is 0. The minimum atomic E-state index is -0.168. The van der Waals surface area contributed by atoms with Crippen LogP contribution in [0, 0.1) is 10.8 Å². The summed E-state index contributed by atoms with van der Waals surface area (Å²) in [5.74, 6) is 0.287. The van der Waals surface area contributed by atoms with Crippen molar-refractivity contribution < 1.29 is 5.11 Å². The SMILES string of the molecule is CC(C)(CCCN1CCN(CCO)CC1)C(=N)N. The molecule has 0 radical (unpaired) electrons. The largest absolute Gasteiger partial charge is 0.395 e. The standard InChI is InChI=1S/C13H28N4O/c1-13(2,12(14)15)4-3-5-16-6-8-17(9-7-16)10-11-18/h18H,3-11H2,1-2H3,(H3,14,15). The van der Waals surface area contributed by atoms with Gasteiger partial charge in [-0.3, -0.25) is 10.3 Å². The van der Waals surface area contributed by atoms with E-state index in [1.807, 2.05) is 13.8 Å². The Bertz CT molecular complexity index is 260. The fraction of sp³-hybridized carbons (Fsp3) is 0.923. The van der Waals surface area contributed by atoms with Crippen LogP contribution in [0.3, 0.4) is 0 Å². The number of nitrogens with two attached hydrogens (primary N) is 1. The number of aliphatic hydroxyl groups is 1. The number of hydrogen-bond donors (Lipinski definition) is 3. The van der Waals surface area contributed by atoms with Gasteiger partial charge in [-0.1, -0.05) is 13.8 Å². The van der Waals surface area contributed by atoms with Crippen molar-refractivity contribution >= 4 is 5.84 Å². The molecule has 0 spiro atoms. The van der Waals surface area contributed by atoms with Crippen LogP contribution >= 0.6 is 0 Å². The average molecular weight is 256 g/mol. The van der Waals surface area contributed by atoms with Crippen molar-refractivity contribution in [2.45, 2.75) is 26.7 Å².